The first-order valence-electron chi connectivity index (χ1n) is 6.81. The molecule has 2 aromatic rings. The second-order valence-corrected chi connectivity index (χ2v) is 7.52. The predicted octanol–water partition coefficient (Wildman–Crippen LogP) is 3.52. The van der Waals surface area contributed by atoms with Crippen LogP contribution in [0.2, 0.25) is 0 Å². The summed E-state index contributed by atoms with van der Waals surface area (Å²) in [6.07, 6.45) is 5.89. The molecule has 0 saturated heterocycles. The maximum absolute atomic E-state index is 12.5. The third kappa shape index (κ3) is 3.11. The van der Waals surface area contributed by atoms with Crippen LogP contribution in [0, 0.1) is 0 Å². The number of aromatic nitrogens is 1. The number of halogens is 1. The molecule has 6 heteroatoms. The molecule has 1 aliphatic carbocycles. The molecular weight excluding hydrogens is 352 g/mol. The van der Waals surface area contributed by atoms with Gasteiger partial charge in [-0.2, -0.15) is 0 Å². The third-order valence-corrected chi connectivity index (χ3v) is 5.63. The number of nitrogens with one attached hydrogen (secondary N) is 1. The highest BCUT2D eigenvalue weighted by Crippen LogP contribution is 2.26. The zero-order valence-corrected chi connectivity index (χ0v) is 13.7. The van der Waals surface area contributed by atoms with Crippen LogP contribution in [0.15, 0.2) is 46.0 Å². The van der Waals surface area contributed by atoms with Crippen molar-refractivity contribution in [2.45, 2.75) is 30.6 Å². The second kappa shape index (κ2) is 5.77. The summed E-state index contributed by atoms with van der Waals surface area (Å²) >= 11 is 3.24. The van der Waals surface area contributed by atoms with Crippen molar-refractivity contribution in [3.63, 3.8) is 0 Å². The van der Waals surface area contributed by atoms with Crippen LogP contribution >= 0.6 is 15.9 Å². The van der Waals surface area contributed by atoms with Crippen LogP contribution < -0.4 is 4.72 Å². The van der Waals surface area contributed by atoms with Crippen molar-refractivity contribution < 1.29 is 8.42 Å². The summed E-state index contributed by atoms with van der Waals surface area (Å²) in [5.74, 6) is 0. The zero-order chi connectivity index (χ0) is 14.9. The van der Waals surface area contributed by atoms with Crippen LogP contribution in [-0.4, -0.2) is 13.4 Å². The average molecular weight is 367 g/mol. The van der Waals surface area contributed by atoms with Crippen molar-refractivity contribution in [2.24, 2.45) is 0 Å². The van der Waals surface area contributed by atoms with Gasteiger partial charge in [-0.15, -0.1) is 0 Å². The number of sulfonamides is 1. The fourth-order valence-corrected chi connectivity index (χ4v) is 4.14. The van der Waals surface area contributed by atoms with Gasteiger partial charge in [0.1, 0.15) is 4.60 Å². The lowest BCUT2D eigenvalue weighted by Crippen LogP contribution is -2.15. The molecule has 0 saturated carbocycles. The van der Waals surface area contributed by atoms with E-state index >= 15 is 0 Å². The zero-order valence-electron chi connectivity index (χ0n) is 11.3. The number of benzene rings is 1. The van der Waals surface area contributed by atoms with Gasteiger partial charge >= 0.3 is 0 Å². The Kier molecular flexibility index (Phi) is 3.99. The van der Waals surface area contributed by atoms with Gasteiger partial charge < -0.3 is 0 Å². The van der Waals surface area contributed by atoms with E-state index in [1.165, 1.54) is 12.0 Å². The highest BCUT2D eigenvalue weighted by Gasteiger charge is 2.18. The largest absolute Gasteiger partial charge is 0.277 e. The van der Waals surface area contributed by atoms with Crippen molar-refractivity contribution >= 4 is 31.6 Å². The minimum Gasteiger partial charge on any atom is -0.277 e. The van der Waals surface area contributed by atoms with E-state index in [-0.39, 0.29) is 0 Å². The number of pyridine rings is 1. The lowest BCUT2D eigenvalue weighted by atomic mass is 9.92. The topological polar surface area (TPSA) is 59.1 Å². The minimum atomic E-state index is -3.59. The monoisotopic (exact) mass is 366 g/mol. The Labute approximate surface area is 132 Å². The number of fused-ring (bicyclic) bond motifs is 1. The van der Waals surface area contributed by atoms with E-state index < -0.39 is 10.0 Å². The summed E-state index contributed by atoms with van der Waals surface area (Å²) in [5.41, 5.74) is 2.85. The number of hydrogen-bond donors (Lipinski definition) is 1. The smallest absolute Gasteiger partial charge is 0.261 e. The van der Waals surface area contributed by atoms with Crippen molar-refractivity contribution in [3.05, 3.63) is 52.3 Å². The van der Waals surface area contributed by atoms with Crippen LogP contribution in [0.25, 0.3) is 0 Å². The van der Waals surface area contributed by atoms with Gasteiger partial charge in [0.2, 0.25) is 0 Å². The van der Waals surface area contributed by atoms with Gasteiger partial charge in [0.15, 0.2) is 0 Å². The quantitative estimate of drug-likeness (QED) is 0.845. The molecule has 0 radical (unpaired) electrons. The Hall–Kier alpha value is -1.40. The first-order valence-corrected chi connectivity index (χ1v) is 9.09. The van der Waals surface area contributed by atoms with Gasteiger partial charge in [0.25, 0.3) is 10.0 Å². The fourth-order valence-electron chi connectivity index (χ4n) is 2.54. The fraction of sp³-hybridized carbons (Fsp3) is 0.267. The third-order valence-electron chi connectivity index (χ3n) is 3.63. The molecule has 1 heterocycles. The summed E-state index contributed by atoms with van der Waals surface area (Å²) in [4.78, 5) is 4.32. The number of hydrogen-bond acceptors (Lipinski definition) is 3. The molecular formula is C15H15BrN2O2S. The predicted molar refractivity (Wildman–Crippen MR) is 85.8 cm³/mol. The molecule has 1 N–H and O–H groups in total. The molecule has 21 heavy (non-hydrogen) atoms. The van der Waals surface area contributed by atoms with Gasteiger partial charge in [0, 0.05) is 6.20 Å². The Morgan fingerprint density at radius 1 is 1.10 bits per heavy atom. The number of aryl methyl sites for hydroxylation is 2. The highest BCUT2D eigenvalue weighted by atomic mass is 79.9. The van der Waals surface area contributed by atoms with Crippen molar-refractivity contribution in [3.8, 4) is 0 Å². The van der Waals surface area contributed by atoms with Crippen LogP contribution in [0.4, 0.5) is 5.69 Å². The number of anilines is 1. The van der Waals surface area contributed by atoms with E-state index in [9.17, 15) is 8.42 Å². The Balaban J connectivity index is 1.93. The van der Waals surface area contributed by atoms with Gasteiger partial charge in [-0.25, -0.2) is 13.4 Å². The van der Waals surface area contributed by atoms with Crippen molar-refractivity contribution in [2.75, 3.05) is 4.72 Å². The molecule has 0 aliphatic heterocycles. The molecule has 3 rings (SSSR count). The molecule has 110 valence electrons. The summed E-state index contributed by atoms with van der Waals surface area (Å²) in [5, 5.41) is 0. The standard InChI is InChI=1S/C15H15BrN2O2S/c16-15-14(6-3-9-17-15)18-21(19,20)13-8-7-11-4-1-2-5-12(11)10-13/h3,6-10,18H,1-2,4-5H2. The molecule has 0 fully saturated rings. The Morgan fingerprint density at radius 2 is 1.86 bits per heavy atom. The van der Waals surface area contributed by atoms with Gasteiger partial charge in [0.05, 0.1) is 10.6 Å². The maximum Gasteiger partial charge on any atom is 0.261 e. The molecule has 0 unspecified atom stereocenters. The van der Waals surface area contributed by atoms with Gasteiger partial charge in [-0.1, -0.05) is 6.07 Å². The van der Waals surface area contributed by atoms with Crippen molar-refractivity contribution in [1.29, 1.82) is 0 Å². The first kappa shape index (κ1) is 14.5. The van der Waals surface area contributed by atoms with Crippen LogP contribution in [-0.2, 0) is 22.9 Å². The number of rotatable bonds is 3. The van der Waals surface area contributed by atoms with Gasteiger partial charge in [-0.05, 0) is 77.0 Å². The molecule has 0 amide bonds. The van der Waals surface area contributed by atoms with Crippen molar-refractivity contribution in [1.82, 2.24) is 4.98 Å². The molecule has 4 nitrogen and oxygen atoms in total. The molecule has 0 bridgehead atoms. The Morgan fingerprint density at radius 3 is 2.62 bits per heavy atom. The molecule has 1 aliphatic rings. The van der Waals surface area contributed by atoms with Crippen LogP contribution in [0.3, 0.4) is 0 Å². The normalized spacial score (nSPS) is 14.5. The van der Waals surface area contributed by atoms with E-state index in [2.05, 4.69) is 25.6 Å². The first-order chi connectivity index (χ1) is 10.1. The molecule has 1 aromatic carbocycles. The van der Waals surface area contributed by atoms with E-state index in [1.807, 2.05) is 6.07 Å². The summed E-state index contributed by atoms with van der Waals surface area (Å²) in [6.45, 7) is 0. The van der Waals surface area contributed by atoms with Crippen LogP contribution in [0.5, 0.6) is 0 Å². The molecule has 1 aromatic heterocycles. The lowest BCUT2D eigenvalue weighted by molar-refractivity contribution is 0.600. The summed E-state index contributed by atoms with van der Waals surface area (Å²) in [7, 11) is -3.59. The maximum atomic E-state index is 12.5. The van der Waals surface area contributed by atoms with E-state index in [1.54, 1.807) is 30.5 Å². The van der Waals surface area contributed by atoms with E-state index in [4.69, 9.17) is 0 Å². The summed E-state index contributed by atoms with van der Waals surface area (Å²) < 4.78 is 28.0. The van der Waals surface area contributed by atoms with E-state index in [0.717, 1.165) is 24.8 Å². The summed E-state index contributed by atoms with van der Waals surface area (Å²) in [6, 6.07) is 8.77. The number of nitrogens with zero attached hydrogens (tertiary/aromatic N) is 1. The SMILES string of the molecule is O=S(=O)(Nc1cccnc1Br)c1ccc2c(c1)CCCC2. The average Bonchev–Trinajstić information content (AvgIpc) is 2.49. The molecule has 0 spiro atoms. The van der Waals surface area contributed by atoms with E-state index in [0.29, 0.717) is 15.2 Å². The minimum absolute atomic E-state index is 0.305. The lowest BCUT2D eigenvalue weighted by Gasteiger charge is -2.17. The van der Waals surface area contributed by atoms with Crippen LogP contribution in [0.1, 0.15) is 24.0 Å². The Bertz CT molecular complexity index is 775. The molecule has 0 atom stereocenters. The van der Waals surface area contributed by atoms with Gasteiger partial charge in [-0.3, -0.25) is 4.72 Å². The second-order valence-electron chi connectivity index (χ2n) is 5.08. The highest BCUT2D eigenvalue weighted by molar-refractivity contribution is 9.10.